The van der Waals surface area contributed by atoms with E-state index in [2.05, 4.69) is 0 Å². The number of ether oxygens (including phenoxy) is 2. The van der Waals surface area contributed by atoms with E-state index in [1.165, 1.54) is 6.07 Å². The minimum absolute atomic E-state index is 0.0170. The van der Waals surface area contributed by atoms with Crippen LogP contribution >= 0.6 is 0 Å². The van der Waals surface area contributed by atoms with Crippen LogP contribution in [0, 0.1) is 6.92 Å². The van der Waals surface area contributed by atoms with Crippen LogP contribution in [-0.2, 0) is 0 Å². The highest BCUT2D eigenvalue weighted by Gasteiger charge is 2.35. The van der Waals surface area contributed by atoms with Gasteiger partial charge in [0, 0.05) is 17.2 Å². The molecule has 0 heterocycles. The van der Waals surface area contributed by atoms with E-state index >= 15 is 0 Å². The number of aryl methyl sites for hydroxylation is 1. The molecule has 0 atom stereocenters. The number of phenols is 1. The van der Waals surface area contributed by atoms with Gasteiger partial charge in [-0.15, -0.1) is 0 Å². The number of fused-ring (bicyclic) bond motifs is 2. The Balaban J connectivity index is 2.13. The van der Waals surface area contributed by atoms with Crippen molar-refractivity contribution in [2.24, 2.45) is 0 Å². The van der Waals surface area contributed by atoms with Crippen molar-refractivity contribution in [3.05, 3.63) is 75.4 Å². The number of benzene rings is 2. The van der Waals surface area contributed by atoms with Crippen molar-refractivity contribution in [2.75, 3.05) is 13.2 Å². The molecule has 0 amide bonds. The van der Waals surface area contributed by atoms with Crippen molar-refractivity contribution in [3.8, 4) is 17.2 Å². The predicted octanol–water partition coefficient (Wildman–Crippen LogP) is 5.17. The minimum atomic E-state index is -0.430. The number of aromatic hydroxyl groups is 1. The summed E-state index contributed by atoms with van der Waals surface area (Å²) in [6, 6.07) is 6.30. The van der Waals surface area contributed by atoms with Crippen molar-refractivity contribution in [1.29, 1.82) is 0 Å². The lowest BCUT2D eigenvalue weighted by Gasteiger charge is -2.22. The fraction of sp³-hybridized carbons (Fsp3) is 0.280. The summed E-state index contributed by atoms with van der Waals surface area (Å²) in [6.07, 6.45) is 3.81. The molecule has 1 aliphatic rings. The van der Waals surface area contributed by atoms with Gasteiger partial charge >= 0.3 is 0 Å². The Bertz CT molecular complexity index is 1080. The van der Waals surface area contributed by atoms with Gasteiger partial charge in [-0.25, -0.2) is 0 Å². The molecule has 0 saturated heterocycles. The van der Waals surface area contributed by atoms with Crippen LogP contribution in [0.1, 0.15) is 65.1 Å². The van der Waals surface area contributed by atoms with Crippen LogP contribution in [0.15, 0.2) is 47.6 Å². The lowest BCUT2D eigenvalue weighted by Crippen LogP contribution is -2.22. The fourth-order valence-corrected chi connectivity index (χ4v) is 3.26. The average Bonchev–Trinajstić information content (AvgIpc) is 2.64. The number of carbonyl (C=O) groups is 2. The summed E-state index contributed by atoms with van der Waals surface area (Å²) in [5.74, 6) is -0.257. The van der Waals surface area contributed by atoms with Gasteiger partial charge in [-0.1, -0.05) is 11.1 Å². The summed E-state index contributed by atoms with van der Waals surface area (Å²) in [4.78, 5) is 26.5. The molecule has 5 nitrogen and oxygen atoms in total. The molecule has 0 bridgehead atoms. The first-order valence-electron chi connectivity index (χ1n) is 9.82. The second-order valence-electron chi connectivity index (χ2n) is 7.89. The molecule has 1 aliphatic carbocycles. The standard InChI is InChI=1S/C25H26O5/c1-14(2)6-8-29-17-12-19-23(21(13-17)30-9-7-15(3)4)25(28)22-18(24(19)27)10-16(5)11-20(22)26/h6-7,10-13,26H,8-9H2,1-5H3. The van der Waals surface area contributed by atoms with E-state index in [4.69, 9.17) is 9.47 Å². The van der Waals surface area contributed by atoms with Crippen molar-refractivity contribution < 1.29 is 24.2 Å². The van der Waals surface area contributed by atoms with Gasteiger partial charge in [-0.05, 0) is 70.5 Å². The molecule has 5 heteroatoms. The third kappa shape index (κ3) is 4.30. The number of ketones is 2. The number of rotatable bonds is 6. The lowest BCUT2D eigenvalue weighted by molar-refractivity contribution is 0.0973. The van der Waals surface area contributed by atoms with Gasteiger partial charge in [0.2, 0.25) is 5.78 Å². The van der Waals surface area contributed by atoms with Gasteiger partial charge < -0.3 is 14.6 Å². The topological polar surface area (TPSA) is 72.8 Å². The van der Waals surface area contributed by atoms with Crippen molar-refractivity contribution in [3.63, 3.8) is 0 Å². The van der Waals surface area contributed by atoms with Crippen molar-refractivity contribution in [1.82, 2.24) is 0 Å². The van der Waals surface area contributed by atoms with E-state index in [0.717, 1.165) is 11.1 Å². The Morgan fingerprint density at radius 3 is 2.07 bits per heavy atom. The van der Waals surface area contributed by atoms with Crippen LogP contribution in [0.5, 0.6) is 17.2 Å². The molecule has 30 heavy (non-hydrogen) atoms. The van der Waals surface area contributed by atoms with Crippen molar-refractivity contribution in [2.45, 2.75) is 34.6 Å². The van der Waals surface area contributed by atoms with Gasteiger partial charge in [-0.2, -0.15) is 0 Å². The molecule has 0 aliphatic heterocycles. The fourth-order valence-electron chi connectivity index (χ4n) is 3.26. The summed E-state index contributed by atoms with van der Waals surface area (Å²) in [5.41, 5.74) is 3.47. The Hall–Kier alpha value is -3.34. The molecule has 156 valence electrons. The third-order valence-corrected chi connectivity index (χ3v) is 4.75. The van der Waals surface area contributed by atoms with Gasteiger partial charge in [0.05, 0.1) is 11.1 Å². The molecular weight excluding hydrogens is 380 g/mol. The quantitative estimate of drug-likeness (QED) is 0.572. The van der Waals surface area contributed by atoms with Crippen LogP contribution in [-0.4, -0.2) is 29.9 Å². The molecule has 0 unspecified atom stereocenters. The van der Waals surface area contributed by atoms with Crippen LogP contribution in [0.4, 0.5) is 0 Å². The smallest absolute Gasteiger partial charge is 0.201 e. The first-order chi connectivity index (χ1) is 14.2. The lowest BCUT2D eigenvalue weighted by atomic mass is 9.82. The maximum atomic E-state index is 13.3. The van der Waals surface area contributed by atoms with E-state index in [0.29, 0.717) is 17.9 Å². The zero-order chi connectivity index (χ0) is 22.0. The van der Waals surface area contributed by atoms with Gasteiger partial charge in [0.25, 0.3) is 0 Å². The highest BCUT2D eigenvalue weighted by molar-refractivity contribution is 6.30. The predicted molar refractivity (Wildman–Crippen MR) is 116 cm³/mol. The molecule has 0 saturated carbocycles. The average molecular weight is 406 g/mol. The summed E-state index contributed by atoms with van der Waals surface area (Å²) < 4.78 is 11.6. The number of carbonyl (C=O) groups excluding carboxylic acids is 2. The first-order valence-corrected chi connectivity index (χ1v) is 9.82. The maximum Gasteiger partial charge on any atom is 0.201 e. The summed E-state index contributed by atoms with van der Waals surface area (Å²) in [6.45, 7) is 10.2. The summed E-state index contributed by atoms with van der Waals surface area (Å²) in [7, 11) is 0. The first kappa shape index (κ1) is 21.4. The second kappa shape index (κ2) is 8.57. The van der Waals surface area contributed by atoms with E-state index in [1.807, 2.05) is 39.8 Å². The van der Waals surface area contributed by atoms with Gasteiger partial charge in [0.1, 0.15) is 30.5 Å². The Labute approximate surface area is 176 Å². The molecule has 0 aromatic heterocycles. The Morgan fingerprint density at radius 2 is 1.43 bits per heavy atom. The largest absolute Gasteiger partial charge is 0.507 e. The second-order valence-corrected chi connectivity index (χ2v) is 7.89. The zero-order valence-electron chi connectivity index (χ0n) is 18.0. The van der Waals surface area contributed by atoms with Crippen LogP contribution in [0.3, 0.4) is 0 Å². The number of phenolic OH excluding ortho intramolecular Hbond substituents is 1. The summed E-state index contributed by atoms with van der Waals surface area (Å²) >= 11 is 0. The van der Waals surface area contributed by atoms with Crippen LogP contribution < -0.4 is 9.47 Å². The molecule has 1 N–H and O–H groups in total. The molecule has 2 aromatic rings. The number of hydrogen-bond donors (Lipinski definition) is 1. The molecular formula is C25H26O5. The number of allylic oxidation sites excluding steroid dienone is 2. The molecule has 0 radical (unpaired) electrons. The van der Waals surface area contributed by atoms with E-state index in [1.54, 1.807) is 25.1 Å². The van der Waals surface area contributed by atoms with Crippen LogP contribution in [0.25, 0.3) is 0 Å². The molecule has 0 spiro atoms. The Kier molecular flexibility index (Phi) is 6.11. The van der Waals surface area contributed by atoms with Crippen LogP contribution in [0.2, 0.25) is 0 Å². The molecule has 2 aromatic carbocycles. The highest BCUT2D eigenvalue weighted by atomic mass is 16.5. The molecule has 0 fully saturated rings. The van der Waals surface area contributed by atoms with Gasteiger partial charge in [-0.3, -0.25) is 9.59 Å². The normalized spacial score (nSPS) is 12.0. The molecule has 3 rings (SSSR count). The zero-order valence-corrected chi connectivity index (χ0v) is 18.0. The summed E-state index contributed by atoms with van der Waals surface area (Å²) in [5, 5.41) is 10.4. The van der Waals surface area contributed by atoms with Gasteiger partial charge in [0.15, 0.2) is 5.78 Å². The number of hydrogen-bond acceptors (Lipinski definition) is 5. The van der Waals surface area contributed by atoms with E-state index < -0.39 is 5.78 Å². The monoisotopic (exact) mass is 406 g/mol. The Morgan fingerprint density at radius 1 is 0.833 bits per heavy atom. The maximum absolute atomic E-state index is 13.3. The van der Waals surface area contributed by atoms with E-state index in [9.17, 15) is 14.7 Å². The minimum Gasteiger partial charge on any atom is -0.507 e. The third-order valence-electron chi connectivity index (χ3n) is 4.75. The van der Waals surface area contributed by atoms with E-state index in [-0.39, 0.29) is 46.1 Å². The highest BCUT2D eigenvalue weighted by Crippen LogP contribution is 2.40. The SMILES string of the molecule is CC(C)=CCOc1cc(OCC=C(C)C)c2c(c1)C(=O)c1cc(C)cc(O)c1C2=O. The van der Waals surface area contributed by atoms with Crippen molar-refractivity contribution >= 4 is 11.6 Å².